The molecule has 140 valence electrons. The predicted molar refractivity (Wildman–Crippen MR) is 99.3 cm³/mol. The molecule has 7 heteroatoms. The van der Waals surface area contributed by atoms with E-state index in [1.165, 1.54) is 25.7 Å². The van der Waals surface area contributed by atoms with E-state index >= 15 is 0 Å². The number of amides is 1. The minimum Gasteiger partial charge on any atom is -0.353 e. The van der Waals surface area contributed by atoms with Crippen molar-refractivity contribution in [3.8, 4) is 0 Å². The normalized spacial score (nSPS) is 30.8. The molecular weight excluding hydrogens is 350 g/mol. The van der Waals surface area contributed by atoms with Gasteiger partial charge in [-0.2, -0.15) is 0 Å². The Bertz CT molecular complexity index is 849. The van der Waals surface area contributed by atoms with Crippen LogP contribution < -0.4 is 10.0 Å². The Labute approximate surface area is 154 Å². The van der Waals surface area contributed by atoms with Crippen LogP contribution in [0.3, 0.4) is 0 Å². The molecule has 2 aliphatic carbocycles. The van der Waals surface area contributed by atoms with Crippen molar-refractivity contribution in [3.63, 3.8) is 0 Å². The molecule has 0 spiro atoms. The standard InChI is InChI=1S/C19H25N3O3S/c1-12(16-11-13-6-7-14(16)10-13)21-18(23)8-9-20-19-15-4-2-3-5-17(15)26(24,25)22-19/h2-5,12-14,16H,6-11H2,1H3,(H,20,22)(H,21,23). The summed E-state index contributed by atoms with van der Waals surface area (Å²) in [6.07, 6.45) is 5.50. The van der Waals surface area contributed by atoms with E-state index in [0.29, 0.717) is 17.3 Å². The topological polar surface area (TPSA) is 87.6 Å². The van der Waals surface area contributed by atoms with Crippen LogP contribution >= 0.6 is 0 Å². The van der Waals surface area contributed by atoms with Crippen LogP contribution in [0.25, 0.3) is 0 Å². The van der Waals surface area contributed by atoms with Crippen molar-refractivity contribution in [3.05, 3.63) is 29.8 Å². The van der Waals surface area contributed by atoms with Crippen molar-refractivity contribution in [1.82, 2.24) is 10.0 Å². The van der Waals surface area contributed by atoms with E-state index in [9.17, 15) is 13.2 Å². The van der Waals surface area contributed by atoms with Crippen LogP contribution in [0.15, 0.2) is 34.2 Å². The smallest absolute Gasteiger partial charge is 0.263 e. The molecule has 2 saturated carbocycles. The number of carbonyl (C=O) groups excluding carboxylic acids is 1. The summed E-state index contributed by atoms with van der Waals surface area (Å²) in [4.78, 5) is 16.8. The lowest BCUT2D eigenvalue weighted by molar-refractivity contribution is -0.121. The average molecular weight is 375 g/mol. The molecule has 1 amide bonds. The maximum atomic E-state index is 12.2. The number of nitrogens with zero attached hydrogens (tertiary/aromatic N) is 1. The summed E-state index contributed by atoms with van der Waals surface area (Å²) in [6.45, 7) is 2.37. The van der Waals surface area contributed by atoms with E-state index in [1.54, 1.807) is 24.3 Å². The molecule has 0 radical (unpaired) electrons. The van der Waals surface area contributed by atoms with Crippen molar-refractivity contribution in [2.24, 2.45) is 22.7 Å². The Morgan fingerprint density at radius 3 is 2.85 bits per heavy atom. The number of fused-ring (bicyclic) bond motifs is 3. The monoisotopic (exact) mass is 375 g/mol. The fourth-order valence-corrected chi connectivity index (χ4v) is 6.11. The SMILES string of the molecule is CC(NC(=O)CCN=C1NS(=O)(=O)c2ccccc21)C1CC2CCC1C2. The fourth-order valence-electron chi connectivity index (χ4n) is 4.86. The first kappa shape index (κ1) is 17.5. The summed E-state index contributed by atoms with van der Waals surface area (Å²) in [7, 11) is -3.52. The van der Waals surface area contributed by atoms with Gasteiger partial charge in [0.2, 0.25) is 5.91 Å². The van der Waals surface area contributed by atoms with Gasteiger partial charge >= 0.3 is 0 Å². The van der Waals surface area contributed by atoms with E-state index < -0.39 is 10.0 Å². The van der Waals surface area contributed by atoms with Gasteiger partial charge in [-0.3, -0.25) is 14.5 Å². The van der Waals surface area contributed by atoms with Crippen LogP contribution in [0.1, 0.15) is 44.6 Å². The molecule has 4 unspecified atom stereocenters. The molecule has 4 rings (SSSR count). The van der Waals surface area contributed by atoms with Crippen LogP contribution in [-0.2, 0) is 14.8 Å². The molecule has 0 saturated heterocycles. The molecule has 1 aliphatic heterocycles. The van der Waals surface area contributed by atoms with Gasteiger partial charge in [0.15, 0.2) is 0 Å². The highest BCUT2D eigenvalue weighted by Crippen LogP contribution is 2.49. The molecule has 0 aromatic heterocycles. The summed E-state index contributed by atoms with van der Waals surface area (Å²) in [5.41, 5.74) is 0.572. The van der Waals surface area contributed by atoms with E-state index in [0.717, 1.165) is 11.8 Å². The fraction of sp³-hybridized carbons (Fsp3) is 0.579. The number of carbonyl (C=O) groups is 1. The van der Waals surface area contributed by atoms with Gasteiger partial charge in [0.1, 0.15) is 5.84 Å². The first-order valence-corrected chi connectivity index (χ1v) is 10.9. The summed E-state index contributed by atoms with van der Waals surface area (Å²) >= 11 is 0. The lowest BCUT2D eigenvalue weighted by atomic mass is 9.84. The molecule has 4 atom stereocenters. The number of rotatable bonds is 5. The number of hydrogen-bond donors (Lipinski definition) is 2. The second kappa shape index (κ2) is 6.68. The lowest BCUT2D eigenvalue weighted by Gasteiger charge is -2.28. The molecule has 1 heterocycles. The van der Waals surface area contributed by atoms with Gasteiger partial charge in [-0.15, -0.1) is 0 Å². The number of sulfonamides is 1. The van der Waals surface area contributed by atoms with Gasteiger partial charge in [0.05, 0.1) is 11.4 Å². The third kappa shape index (κ3) is 3.24. The average Bonchev–Trinajstić information content (AvgIpc) is 3.29. The molecular formula is C19H25N3O3S. The number of benzene rings is 1. The number of nitrogens with one attached hydrogen (secondary N) is 2. The Kier molecular flexibility index (Phi) is 4.50. The Balaban J connectivity index is 1.32. The van der Waals surface area contributed by atoms with Gasteiger partial charge in [-0.05, 0) is 56.1 Å². The summed E-state index contributed by atoms with van der Waals surface area (Å²) < 4.78 is 26.6. The number of hydrogen-bond acceptors (Lipinski definition) is 4. The van der Waals surface area contributed by atoms with Crippen molar-refractivity contribution in [1.29, 1.82) is 0 Å². The maximum Gasteiger partial charge on any atom is 0.263 e. The van der Waals surface area contributed by atoms with E-state index in [1.807, 2.05) is 0 Å². The number of aliphatic imine (C=N–C) groups is 1. The quantitative estimate of drug-likeness (QED) is 0.826. The minimum absolute atomic E-state index is 0.0150. The first-order chi connectivity index (χ1) is 12.4. The third-order valence-electron chi connectivity index (χ3n) is 6.10. The van der Waals surface area contributed by atoms with Crippen LogP contribution in [0, 0.1) is 17.8 Å². The van der Waals surface area contributed by atoms with Gasteiger partial charge in [-0.25, -0.2) is 8.42 Å². The van der Waals surface area contributed by atoms with E-state index in [2.05, 4.69) is 22.0 Å². The Hall–Kier alpha value is -1.89. The zero-order valence-electron chi connectivity index (χ0n) is 14.9. The molecule has 6 nitrogen and oxygen atoms in total. The lowest BCUT2D eigenvalue weighted by Crippen LogP contribution is -2.40. The third-order valence-corrected chi connectivity index (χ3v) is 7.49. The maximum absolute atomic E-state index is 12.2. The van der Waals surface area contributed by atoms with Crippen LogP contribution in [0.2, 0.25) is 0 Å². The van der Waals surface area contributed by atoms with Crippen molar-refractivity contribution >= 4 is 21.8 Å². The zero-order chi connectivity index (χ0) is 18.3. The highest BCUT2D eigenvalue weighted by atomic mass is 32.2. The number of amidine groups is 1. The predicted octanol–water partition coefficient (Wildman–Crippen LogP) is 2.06. The van der Waals surface area contributed by atoms with E-state index in [-0.39, 0.29) is 29.8 Å². The molecule has 2 bridgehead atoms. The van der Waals surface area contributed by atoms with Gasteiger partial charge < -0.3 is 5.32 Å². The first-order valence-electron chi connectivity index (χ1n) is 9.40. The zero-order valence-corrected chi connectivity index (χ0v) is 15.8. The molecule has 1 aromatic rings. The van der Waals surface area contributed by atoms with Gasteiger partial charge in [0, 0.05) is 18.0 Å². The highest BCUT2D eigenvalue weighted by Gasteiger charge is 2.42. The summed E-state index contributed by atoms with van der Waals surface area (Å²) in [5, 5.41) is 3.12. The molecule has 2 N–H and O–H groups in total. The van der Waals surface area contributed by atoms with Crippen molar-refractivity contribution < 1.29 is 13.2 Å². The Morgan fingerprint density at radius 2 is 2.12 bits per heavy atom. The molecule has 1 aromatic carbocycles. The second-order valence-corrected chi connectivity index (χ2v) is 9.43. The second-order valence-electron chi connectivity index (χ2n) is 7.78. The van der Waals surface area contributed by atoms with E-state index in [4.69, 9.17) is 0 Å². The van der Waals surface area contributed by atoms with Gasteiger partial charge in [0.25, 0.3) is 10.0 Å². The van der Waals surface area contributed by atoms with Crippen molar-refractivity contribution in [2.45, 2.75) is 50.0 Å². The minimum atomic E-state index is -3.52. The molecule has 26 heavy (non-hydrogen) atoms. The van der Waals surface area contributed by atoms with Crippen LogP contribution in [-0.4, -0.2) is 32.7 Å². The molecule has 2 fully saturated rings. The highest BCUT2D eigenvalue weighted by molar-refractivity contribution is 7.90. The largest absolute Gasteiger partial charge is 0.353 e. The summed E-state index contributed by atoms with van der Waals surface area (Å²) in [6, 6.07) is 6.95. The van der Waals surface area contributed by atoms with Gasteiger partial charge in [-0.1, -0.05) is 18.6 Å². The van der Waals surface area contributed by atoms with Crippen LogP contribution in [0.5, 0.6) is 0 Å². The Morgan fingerprint density at radius 1 is 1.31 bits per heavy atom. The summed E-state index contributed by atoms with van der Waals surface area (Å²) in [5.74, 6) is 2.57. The molecule has 3 aliphatic rings. The van der Waals surface area contributed by atoms with Crippen LogP contribution in [0.4, 0.5) is 0 Å². The van der Waals surface area contributed by atoms with Crippen molar-refractivity contribution in [2.75, 3.05) is 6.54 Å².